The minimum atomic E-state index is 0.443. The molecule has 1 aromatic heterocycles. The van der Waals surface area contributed by atoms with Crippen LogP contribution < -0.4 is 5.32 Å². The van der Waals surface area contributed by atoms with Gasteiger partial charge < -0.3 is 5.32 Å². The highest BCUT2D eigenvalue weighted by atomic mass is 14.9. The van der Waals surface area contributed by atoms with Gasteiger partial charge in [-0.3, -0.25) is 4.98 Å². The van der Waals surface area contributed by atoms with Gasteiger partial charge in [0.2, 0.25) is 0 Å². The number of benzene rings is 1. The standard InChI is InChI=1S/C15H18N2/c1-3-6-13(16-2)11-12-9-10-17-15-8-5-4-7-14(12)15/h3-5,7-10,13,16H,1,6,11H2,2H3. The van der Waals surface area contributed by atoms with E-state index in [1.807, 2.05) is 25.4 Å². The van der Waals surface area contributed by atoms with Crippen molar-refractivity contribution in [3.63, 3.8) is 0 Å². The second kappa shape index (κ2) is 5.60. The number of rotatable bonds is 5. The molecule has 2 nitrogen and oxygen atoms in total. The summed E-state index contributed by atoms with van der Waals surface area (Å²) < 4.78 is 0. The third-order valence-electron chi connectivity index (χ3n) is 3.07. The van der Waals surface area contributed by atoms with Crippen molar-refractivity contribution in [1.82, 2.24) is 10.3 Å². The van der Waals surface area contributed by atoms with Gasteiger partial charge in [-0.1, -0.05) is 24.3 Å². The molecular formula is C15H18N2. The number of fused-ring (bicyclic) bond motifs is 1. The molecule has 2 aromatic rings. The Hall–Kier alpha value is -1.67. The lowest BCUT2D eigenvalue weighted by molar-refractivity contribution is 0.568. The zero-order valence-corrected chi connectivity index (χ0v) is 10.2. The summed E-state index contributed by atoms with van der Waals surface area (Å²) in [6.45, 7) is 3.80. The lowest BCUT2D eigenvalue weighted by Gasteiger charge is -2.15. The third-order valence-corrected chi connectivity index (χ3v) is 3.07. The van der Waals surface area contributed by atoms with Crippen molar-refractivity contribution >= 4 is 10.9 Å². The third kappa shape index (κ3) is 2.71. The maximum Gasteiger partial charge on any atom is 0.0704 e. The summed E-state index contributed by atoms with van der Waals surface area (Å²) in [6, 6.07) is 10.8. The fourth-order valence-electron chi connectivity index (χ4n) is 2.10. The molecule has 17 heavy (non-hydrogen) atoms. The first-order valence-electron chi connectivity index (χ1n) is 5.96. The van der Waals surface area contributed by atoms with Gasteiger partial charge >= 0.3 is 0 Å². The summed E-state index contributed by atoms with van der Waals surface area (Å²) in [5, 5.41) is 4.57. The van der Waals surface area contributed by atoms with Crippen molar-refractivity contribution in [2.24, 2.45) is 0 Å². The minimum absolute atomic E-state index is 0.443. The molecular weight excluding hydrogens is 208 g/mol. The van der Waals surface area contributed by atoms with E-state index < -0.39 is 0 Å². The van der Waals surface area contributed by atoms with E-state index in [1.165, 1.54) is 10.9 Å². The Bertz CT molecular complexity index is 500. The van der Waals surface area contributed by atoms with E-state index in [9.17, 15) is 0 Å². The molecule has 0 radical (unpaired) electrons. The van der Waals surface area contributed by atoms with Crippen LogP contribution in [-0.4, -0.2) is 18.1 Å². The highest BCUT2D eigenvalue weighted by Crippen LogP contribution is 2.18. The van der Waals surface area contributed by atoms with Crippen LogP contribution in [0.5, 0.6) is 0 Å². The number of pyridine rings is 1. The van der Waals surface area contributed by atoms with Crippen molar-refractivity contribution < 1.29 is 0 Å². The Labute approximate surface area is 102 Å². The Morgan fingerprint density at radius 1 is 1.35 bits per heavy atom. The lowest BCUT2D eigenvalue weighted by atomic mass is 10.00. The van der Waals surface area contributed by atoms with Gasteiger partial charge in [0.15, 0.2) is 0 Å². The predicted molar refractivity (Wildman–Crippen MR) is 73.1 cm³/mol. The minimum Gasteiger partial charge on any atom is -0.316 e. The number of nitrogens with one attached hydrogen (secondary N) is 1. The molecule has 0 spiro atoms. The van der Waals surface area contributed by atoms with Crippen molar-refractivity contribution in [2.75, 3.05) is 7.05 Å². The highest BCUT2D eigenvalue weighted by molar-refractivity contribution is 5.81. The van der Waals surface area contributed by atoms with Crippen LogP contribution >= 0.6 is 0 Å². The quantitative estimate of drug-likeness (QED) is 0.793. The number of hydrogen-bond donors (Lipinski definition) is 1. The summed E-state index contributed by atoms with van der Waals surface area (Å²) in [5.41, 5.74) is 2.41. The van der Waals surface area contributed by atoms with Crippen LogP contribution in [0.4, 0.5) is 0 Å². The second-order valence-corrected chi connectivity index (χ2v) is 4.20. The van der Waals surface area contributed by atoms with Crippen LogP contribution in [0, 0.1) is 0 Å². The first-order valence-corrected chi connectivity index (χ1v) is 5.96. The molecule has 1 N–H and O–H groups in total. The van der Waals surface area contributed by atoms with E-state index in [4.69, 9.17) is 0 Å². The predicted octanol–water partition coefficient (Wildman–Crippen LogP) is 2.94. The molecule has 0 aliphatic rings. The number of aromatic nitrogens is 1. The van der Waals surface area contributed by atoms with Gasteiger partial charge in [0.1, 0.15) is 0 Å². The SMILES string of the molecule is C=CCC(Cc1ccnc2ccccc12)NC. The molecule has 0 saturated heterocycles. The normalized spacial score (nSPS) is 12.5. The number of hydrogen-bond acceptors (Lipinski definition) is 2. The first kappa shape index (κ1) is 11.8. The molecule has 0 aliphatic heterocycles. The van der Waals surface area contributed by atoms with Crippen molar-refractivity contribution in [3.8, 4) is 0 Å². The second-order valence-electron chi connectivity index (χ2n) is 4.20. The maximum atomic E-state index is 4.38. The molecule has 2 heteroatoms. The Kier molecular flexibility index (Phi) is 3.89. The van der Waals surface area contributed by atoms with Crippen molar-refractivity contribution in [3.05, 3.63) is 54.7 Å². The molecule has 0 bridgehead atoms. The molecule has 1 heterocycles. The Morgan fingerprint density at radius 3 is 2.94 bits per heavy atom. The summed E-state index contributed by atoms with van der Waals surface area (Å²) >= 11 is 0. The van der Waals surface area contributed by atoms with Crippen molar-refractivity contribution in [1.29, 1.82) is 0 Å². The maximum absolute atomic E-state index is 4.38. The van der Waals surface area contributed by atoms with Crippen LogP contribution in [0.2, 0.25) is 0 Å². The molecule has 1 unspecified atom stereocenters. The average Bonchev–Trinajstić information content (AvgIpc) is 2.38. The van der Waals surface area contributed by atoms with Crippen LogP contribution in [0.25, 0.3) is 10.9 Å². The fourth-order valence-corrected chi connectivity index (χ4v) is 2.10. The van der Waals surface area contributed by atoms with Gasteiger partial charge in [0.25, 0.3) is 0 Å². The van der Waals surface area contributed by atoms with Crippen molar-refractivity contribution in [2.45, 2.75) is 18.9 Å². The Balaban J connectivity index is 2.31. The van der Waals surface area contributed by atoms with E-state index in [0.29, 0.717) is 6.04 Å². The van der Waals surface area contributed by atoms with Gasteiger partial charge in [-0.05, 0) is 37.6 Å². The zero-order valence-electron chi connectivity index (χ0n) is 10.2. The van der Waals surface area contributed by atoms with Crippen LogP contribution in [0.1, 0.15) is 12.0 Å². The molecule has 0 amide bonds. The molecule has 88 valence electrons. The zero-order chi connectivity index (χ0) is 12.1. The van der Waals surface area contributed by atoms with Crippen LogP contribution in [-0.2, 0) is 6.42 Å². The molecule has 0 fully saturated rings. The van der Waals surface area contributed by atoms with Gasteiger partial charge in [0.05, 0.1) is 5.52 Å². The van der Waals surface area contributed by atoms with Gasteiger partial charge in [0, 0.05) is 17.6 Å². The van der Waals surface area contributed by atoms with Crippen LogP contribution in [0.3, 0.4) is 0 Å². The van der Waals surface area contributed by atoms with Gasteiger partial charge in [-0.2, -0.15) is 0 Å². The first-order chi connectivity index (χ1) is 8.35. The summed E-state index contributed by atoms with van der Waals surface area (Å²) in [7, 11) is 2.00. The molecule has 1 aromatic carbocycles. The van der Waals surface area contributed by atoms with Gasteiger partial charge in [-0.15, -0.1) is 6.58 Å². The Morgan fingerprint density at radius 2 is 2.18 bits per heavy atom. The molecule has 1 atom stereocenters. The lowest BCUT2D eigenvalue weighted by Crippen LogP contribution is -2.26. The summed E-state index contributed by atoms with van der Waals surface area (Å²) in [4.78, 5) is 4.38. The monoisotopic (exact) mass is 226 g/mol. The smallest absolute Gasteiger partial charge is 0.0704 e. The highest BCUT2D eigenvalue weighted by Gasteiger charge is 2.08. The van der Waals surface area contributed by atoms with E-state index in [-0.39, 0.29) is 0 Å². The molecule has 2 rings (SSSR count). The summed E-state index contributed by atoms with van der Waals surface area (Å²) in [5.74, 6) is 0. The number of para-hydroxylation sites is 1. The average molecular weight is 226 g/mol. The molecule has 0 saturated carbocycles. The largest absolute Gasteiger partial charge is 0.316 e. The summed E-state index contributed by atoms with van der Waals surface area (Å²) in [6.07, 6.45) is 5.83. The topological polar surface area (TPSA) is 24.9 Å². The number of likely N-dealkylation sites (N-methyl/N-ethyl adjacent to an activating group) is 1. The van der Waals surface area contributed by atoms with E-state index >= 15 is 0 Å². The van der Waals surface area contributed by atoms with E-state index in [0.717, 1.165) is 18.4 Å². The van der Waals surface area contributed by atoms with Crippen LogP contribution in [0.15, 0.2) is 49.2 Å². The van der Waals surface area contributed by atoms with E-state index in [2.05, 4.69) is 41.1 Å². The van der Waals surface area contributed by atoms with Gasteiger partial charge in [-0.25, -0.2) is 0 Å². The van der Waals surface area contributed by atoms with E-state index in [1.54, 1.807) is 0 Å². The number of nitrogens with zero attached hydrogens (tertiary/aromatic N) is 1. The molecule has 0 aliphatic carbocycles. The fraction of sp³-hybridized carbons (Fsp3) is 0.267.